The van der Waals surface area contributed by atoms with Crippen LogP contribution >= 0.6 is 0 Å². The quantitative estimate of drug-likeness (QED) is 0.470. The predicted molar refractivity (Wildman–Crippen MR) is 119 cm³/mol. The van der Waals surface area contributed by atoms with Crippen LogP contribution in [-0.2, 0) is 14.0 Å². The summed E-state index contributed by atoms with van der Waals surface area (Å²) in [7, 11) is -3.16. The van der Waals surface area contributed by atoms with Crippen molar-refractivity contribution in [3.8, 4) is 0 Å². The molecule has 2 N–H and O–H groups in total. The molecule has 1 aliphatic carbocycles. The van der Waals surface area contributed by atoms with Gasteiger partial charge in [0.25, 0.3) is 0 Å². The molecule has 0 unspecified atom stereocenters. The van der Waals surface area contributed by atoms with Gasteiger partial charge in [0.15, 0.2) is 22.2 Å². The van der Waals surface area contributed by atoms with E-state index in [9.17, 15) is 14.7 Å². The first-order valence-electron chi connectivity index (χ1n) is 10.5. The average molecular weight is 433 g/mol. The molecule has 0 saturated heterocycles. The minimum Gasteiger partial charge on any atom is -0.467 e. The molecule has 0 aromatic heterocycles. The number of hydrogen-bond donors (Lipinski definition) is 2. The largest absolute Gasteiger partial charge is 0.467 e. The van der Waals surface area contributed by atoms with Crippen molar-refractivity contribution >= 4 is 22.6 Å². The van der Waals surface area contributed by atoms with E-state index in [0.717, 1.165) is 6.42 Å². The van der Waals surface area contributed by atoms with Crippen LogP contribution in [0, 0.1) is 11.8 Å². The topological polar surface area (TPSA) is 76.0 Å². The molecule has 1 fully saturated rings. The summed E-state index contributed by atoms with van der Waals surface area (Å²) in [5, 5.41) is 11.0. The molecule has 4 atom stereocenters. The molecule has 5 nitrogen and oxygen atoms in total. The van der Waals surface area contributed by atoms with Crippen molar-refractivity contribution in [2.75, 3.05) is 7.11 Å². The summed E-state index contributed by atoms with van der Waals surface area (Å²) in [4.78, 5) is 23.2. The van der Waals surface area contributed by atoms with E-state index in [1.54, 1.807) is 0 Å². The van der Waals surface area contributed by atoms with Crippen molar-refractivity contribution < 1.29 is 23.9 Å². The predicted octanol–water partition coefficient (Wildman–Crippen LogP) is 4.69. The molecular weight excluding hydrogens is 388 g/mol. The van der Waals surface area contributed by atoms with Gasteiger partial charge in [-0.25, -0.2) is 4.79 Å². The van der Waals surface area contributed by atoms with Crippen LogP contribution in [0.5, 0.6) is 0 Å². The number of rotatable bonds is 6. The Morgan fingerprint density at radius 3 is 2.00 bits per heavy atom. The lowest BCUT2D eigenvalue weighted by Crippen LogP contribution is -2.56. The lowest BCUT2D eigenvalue weighted by Gasteiger charge is -2.50. The van der Waals surface area contributed by atoms with E-state index in [1.165, 1.54) is 7.11 Å². The molecule has 1 saturated carbocycles. The Kier molecular flexibility index (Phi) is 7.50. The zero-order valence-electron chi connectivity index (χ0n) is 20.0. The van der Waals surface area contributed by atoms with E-state index < -0.39 is 28.2 Å². The average Bonchev–Trinajstić information content (AvgIpc) is 2.48. The number of aliphatic hydroxyl groups is 1. The van der Waals surface area contributed by atoms with Gasteiger partial charge in [0.2, 0.25) is 0 Å². The van der Waals surface area contributed by atoms with E-state index in [4.69, 9.17) is 9.16 Å². The molecular formula is C21H44O5Si2. The lowest BCUT2D eigenvalue weighted by molar-refractivity contribution is -0.176. The summed E-state index contributed by atoms with van der Waals surface area (Å²) in [5.41, 5.74) is -1.53. The first kappa shape index (κ1) is 25.8. The van der Waals surface area contributed by atoms with E-state index in [-0.39, 0.29) is 34.4 Å². The molecule has 1 aliphatic rings. The highest BCUT2D eigenvalue weighted by atomic mass is 28.4. The minimum atomic E-state index is -2.41. The molecule has 0 spiro atoms. The first-order chi connectivity index (χ1) is 12.3. The van der Waals surface area contributed by atoms with Crippen LogP contribution in [0.2, 0.25) is 36.3 Å². The van der Waals surface area contributed by atoms with Gasteiger partial charge >= 0.3 is 5.97 Å². The monoisotopic (exact) mass is 432 g/mol. The number of carbonyl (C=O) groups excluding carboxylic acids is 1. The number of methoxy groups -OCH3 is 1. The fourth-order valence-electron chi connectivity index (χ4n) is 3.75. The molecule has 1 rings (SSSR count). The fraction of sp³-hybridized carbons (Fsp3) is 0.952. The molecule has 0 amide bonds. The normalized spacial score (nSPS) is 30.2. The van der Waals surface area contributed by atoms with E-state index >= 15 is 0 Å². The lowest BCUT2D eigenvalue weighted by atomic mass is 9.68. The zero-order valence-corrected chi connectivity index (χ0v) is 22.0. The third-order valence-corrected chi connectivity index (χ3v) is 15.7. The maximum atomic E-state index is 12.5. The summed E-state index contributed by atoms with van der Waals surface area (Å²) in [6.07, 6.45) is 1.17. The molecule has 0 bridgehead atoms. The highest BCUT2D eigenvalue weighted by Crippen LogP contribution is 2.50. The minimum absolute atomic E-state index is 0.0440. The molecule has 0 heterocycles. The first-order valence-corrected chi connectivity index (χ1v) is 16.3. The molecule has 0 aliphatic heterocycles. The van der Waals surface area contributed by atoms with Gasteiger partial charge in [0.1, 0.15) is 0 Å². The molecule has 0 radical (unpaired) electrons. The third kappa shape index (κ3) is 5.47. The SMILES string of the molecule is COC(=O)[C@]1(O)C[C@@H](CC(C)(C)[Si](C)(C)O)[C@@H](C)[C@H](O[Si](C)(C)C(C)(C)C)C1. The number of esters is 1. The van der Waals surface area contributed by atoms with Crippen LogP contribution in [0.15, 0.2) is 0 Å². The molecule has 7 heteroatoms. The van der Waals surface area contributed by atoms with E-state index in [0.29, 0.717) is 6.42 Å². The van der Waals surface area contributed by atoms with Crippen LogP contribution in [0.25, 0.3) is 0 Å². The number of ether oxygens (including phenoxy) is 1. The van der Waals surface area contributed by atoms with Gasteiger partial charge in [0, 0.05) is 6.42 Å². The number of hydrogen-bond acceptors (Lipinski definition) is 5. The second kappa shape index (κ2) is 8.14. The van der Waals surface area contributed by atoms with Gasteiger partial charge in [-0.3, -0.25) is 0 Å². The Labute approximate surface area is 174 Å². The maximum absolute atomic E-state index is 12.5. The molecule has 0 aromatic carbocycles. The Bertz CT molecular complexity index is 522. The zero-order chi connectivity index (χ0) is 22.3. The van der Waals surface area contributed by atoms with Crippen LogP contribution < -0.4 is 0 Å². The van der Waals surface area contributed by atoms with Crippen molar-refractivity contribution in [1.82, 2.24) is 0 Å². The van der Waals surface area contributed by atoms with Gasteiger partial charge in [-0.2, -0.15) is 0 Å². The Balaban J connectivity index is 3.25. The van der Waals surface area contributed by atoms with Gasteiger partial charge in [-0.1, -0.05) is 41.5 Å². The third-order valence-electron chi connectivity index (χ3n) is 7.72. The fourth-order valence-corrected chi connectivity index (χ4v) is 5.92. The Morgan fingerprint density at radius 2 is 1.61 bits per heavy atom. The van der Waals surface area contributed by atoms with Crippen molar-refractivity contribution in [2.45, 2.75) is 109 Å². The van der Waals surface area contributed by atoms with Gasteiger partial charge in [-0.15, -0.1) is 0 Å². The van der Waals surface area contributed by atoms with E-state index in [2.05, 4.69) is 54.6 Å². The highest BCUT2D eigenvalue weighted by Gasteiger charge is 2.53. The van der Waals surface area contributed by atoms with Crippen LogP contribution in [0.4, 0.5) is 0 Å². The van der Waals surface area contributed by atoms with Crippen molar-refractivity contribution in [2.24, 2.45) is 11.8 Å². The molecule has 0 aromatic rings. The van der Waals surface area contributed by atoms with Crippen molar-refractivity contribution in [3.05, 3.63) is 0 Å². The highest BCUT2D eigenvalue weighted by molar-refractivity contribution is 6.74. The summed E-state index contributed by atoms with van der Waals surface area (Å²) in [6, 6.07) is 0. The van der Waals surface area contributed by atoms with Crippen molar-refractivity contribution in [1.29, 1.82) is 0 Å². The van der Waals surface area contributed by atoms with Crippen LogP contribution in [-0.4, -0.2) is 51.3 Å². The van der Waals surface area contributed by atoms with Gasteiger partial charge in [-0.05, 0) is 60.9 Å². The molecule has 166 valence electrons. The standard InChI is InChI=1S/C21H44O5Si2/c1-15-16(12-20(5,6)27(8,9)24)13-21(23,18(22)25-7)14-17(15)26-28(10,11)19(2,3)4/h15-17,23-24H,12-14H2,1-11H3/t15-,16-,17-,21+/m1/s1. The molecule has 28 heavy (non-hydrogen) atoms. The van der Waals surface area contributed by atoms with Gasteiger partial charge < -0.3 is 19.1 Å². The van der Waals surface area contributed by atoms with Gasteiger partial charge in [0.05, 0.1) is 13.2 Å². The van der Waals surface area contributed by atoms with Crippen LogP contribution in [0.3, 0.4) is 0 Å². The summed E-state index contributed by atoms with van der Waals surface area (Å²) >= 11 is 0. The maximum Gasteiger partial charge on any atom is 0.337 e. The second-order valence-electron chi connectivity index (χ2n) is 11.6. The second-order valence-corrected chi connectivity index (χ2v) is 20.8. The van der Waals surface area contributed by atoms with Crippen LogP contribution in [0.1, 0.15) is 60.8 Å². The summed E-state index contributed by atoms with van der Waals surface area (Å²) in [6.45, 7) is 21.3. The smallest absolute Gasteiger partial charge is 0.337 e. The van der Waals surface area contributed by atoms with E-state index in [1.807, 2.05) is 13.1 Å². The van der Waals surface area contributed by atoms with Crippen molar-refractivity contribution in [3.63, 3.8) is 0 Å². The number of carbonyl (C=O) groups is 1. The Morgan fingerprint density at radius 1 is 1.11 bits per heavy atom. The Hall–Kier alpha value is -0.216. The summed E-state index contributed by atoms with van der Waals surface area (Å²) < 4.78 is 11.6. The summed E-state index contributed by atoms with van der Waals surface area (Å²) in [5.74, 6) is -0.317.